The first-order valence-corrected chi connectivity index (χ1v) is 4.76. The highest BCUT2D eigenvalue weighted by atomic mass is 16.5. The molecule has 1 atom stereocenters. The molecule has 1 saturated heterocycles. The van der Waals surface area contributed by atoms with Crippen molar-refractivity contribution in [2.24, 2.45) is 0 Å². The number of carbonyl (C=O) groups excluding carboxylic acids is 1. The molecule has 1 aliphatic heterocycles. The van der Waals surface area contributed by atoms with Crippen LogP contribution in [0.2, 0.25) is 0 Å². The molecule has 1 unspecified atom stereocenters. The van der Waals surface area contributed by atoms with Crippen LogP contribution in [-0.4, -0.2) is 46.3 Å². The van der Waals surface area contributed by atoms with Crippen LogP contribution in [0.25, 0.3) is 0 Å². The number of H-pyrrole nitrogens is 1. The van der Waals surface area contributed by atoms with Gasteiger partial charge in [0.05, 0.1) is 19.1 Å². The van der Waals surface area contributed by atoms with E-state index in [-0.39, 0.29) is 19.1 Å². The van der Waals surface area contributed by atoms with Crippen LogP contribution in [0.4, 0.5) is 0 Å². The normalized spacial score (nSPS) is 25.4. The van der Waals surface area contributed by atoms with Crippen molar-refractivity contribution in [3.05, 3.63) is 18.2 Å². The van der Waals surface area contributed by atoms with E-state index in [9.17, 15) is 9.90 Å². The summed E-state index contributed by atoms with van der Waals surface area (Å²) in [5.74, 6) is -0.271. The molecule has 0 aromatic carbocycles. The van der Waals surface area contributed by atoms with Gasteiger partial charge < -0.3 is 20.1 Å². The summed E-state index contributed by atoms with van der Waals surface area (Å²) >= 11 is 0. The average Bonchev–Trinajstić information content (AvgIpc) is 2.85. The zero-order valence-electron chi connectivity index (χ0n) is 8.19. The van der Waals surface area contributed by atoms with Crippen LogP contribution < -0.4 is 5.32 Å². The number of nitrogens with zero attached hydrogens (tertiary/aromatic N) is 1. The third-order valence-corrected chi connectivity index (χ3v) is 2.40. The van der Waals surface area contributed by atoms with Gasteiger partial charge in [-0.3, -0.25) is 4.79 Å². The molecule has 6 nitrogen and oxygen atoms in total. The number of hydrogen-bond acceptors (Lipinski definition) is 4. The molecule has 1 aromatic rings. The fraction of sp³-hybridized carbons (Fsp3) is 0.556. The lowest BCUT2D eigenvalue weighted by Crippen LogP contribution is -2.43. The number of aromatic amines is 1. The maximum absolute atomic E-state index is 11.5. The molecule has 0 saturated carbocycles. The van der Waals surface area contributed by atoms with Crippen molar-refractivity contribution in [1.29, 1.82) is 0 Å². The summed E-state index contributed by atoms with van der Waals surface area (Å²) < 4.78 is 5.06. The lowest BCUT2D eigenvalue weighted by Gasteiger charge is -2.20. The number of amides is 1. The van der Waals surface area contributed by atoms with E-state index in [4.69, 9.17) is 4.74 Å². The Kier molecular flexibility index (Phi) is 2.70. The molecule has 2 rings (SSSR count). The number of ether oxygens (including phenoxy) is 1. The number of carbonyl (C=O) groups is 1. The molecule has 0 spiro atoms. The second-order valence-electron chi connectivity index (χ2n) is 3.67. The molecule has 2 heterocycles. The topological polar surface area (TPSA) is 87.2 Å². The predicted octanol–water partition coefficient (Wildman–Crippen LogP) is -0.709. The highest BCUT2D eigenvalue weighted by molar-refractivity contribution is 5.91. The number of aliphatic hydroxyl groups is 1. The molecule has 1 aromatic heterocycles. The number of nitrogens with one attached hydrogen (secondary N) is 2. The molecule has 1 aliphatic rings. The molecule has 1 amide bonds. The van der Waals surface area contributed by atoms with Crippen LogP contribution in [0, 0.1) is 0 Å². The maximum atomic E-state index is 11.5. The third-order valence-electron chi connectivity index (χ3n) is 2.40. The van der Waals surface area contributed by atoms with Crippen LogP contribution in [0.3, 0.4) is 0 Å². The van der Waals surface area contributed by atoms with Gasteiger partial charge in [0, 0.05) is 19.6 Å². The number of aromatic nitrogens is 2. The van der Waals surface area contributed by atoms with Crippen molar-refractivity contribution in [2.45, 2.75) is 12.0 Å². The minimum atomic E-state index is -0.921. The Labute approximate surface area is 86.7 Å². The Balaban J connectivity index is 1.85. The van der Waals surface area contributed by atoms with Crippen molar-refractivity contribution >= 4 is 5.91 Å². The maximum Gasteiger partial charge on any atom is 0.269 e. The molecule has 15 heavy (non-hydrogen) atoms. The van der Waals surface area contributed by atoms with Crippen molar-refractivity contribution in [2.75, 3.05) is 19.8 Å². The Morgan fingerprint density at radius 2 is 2.67 bits per heavy atom. The summed E-state index contributed by atoms with van der Waals surface area (Å²) in [6.45, 7) is 1.01. The average molecular weight is 211 g/mol. The second kappa shape index (κ2) is 4.00. The van der Waals surface area contributed by atoms with Gasteiger partial charge >= 0.3 is 0 Å². The smallest absolute Gasteiger partial charge is 0.269 e. The lowest BCUT2D eigenvalue weighted by atomic mass is 10.0. The second-order valence-corrected chi connectivity index (χ2v) is 3.67. The van der Waals surface area contributed by atoms with Crippen molar-refractivity contribution in [3.63, 3.8) is 0 Å². The fourth-order valence-corrected chi connectivity index (χ4v) is 1.46. The summed E-state index contributed by atoms with van der Waals surface area (Å²) in [7, 11) is 0. The Morgan fingerprint density at radius 1 is 1.80 bits per heavy atom. The molecule has 1 fully saturated rings. The van der Waals surface area contributed by atoms with E-state index in [0.29, 0.717) is 18.7 Å². The summed E-state index contributed by atoms with van der Waals surface area (Å²) in [6, 6.07) is 0. The van der Waals surface area contributed by atoms with Crippen molar-refractivity contribution < 1.29 is 14.6 Å². The zero-order valence-corrected chi connectivity index (χ0v) is 8.19. The Morgan fingerprint density at radius 3 is 3.27 bits per heavy atom. The number of imidazole rings is 1. The van der Waals surface area contributed by atoms with Crippen LogP contribution in [0.5, 0.6) is 0 Å². The van der Waals surface area contributed by atoms with Crippen LogP contribution >= 0.6 is 0 Å². The molecule has 3 N–H and O–H groups in total. The SMILES string of the molecule is O=C(NCC1(O)CCOC1)c1cnc[nH]1. The Bertz CT molecular complexity index is 330. The Hall–Kier alpha value is -1.40. The molecule has 0 bridgehead atoms. The van der Waals surface area contributed by atoms with E-state index in [1.165, 1.54) is 12.5 Å². The first kappa shape index (κ1) is 10.1. The minimum Gasteiger partial charge on any atom is -0.386 e. The summed E-state index contributed by atoms with van der Waals surface area (Å²) in [6.07, 6.45) is 3.42. The van der Waals surface area contributed by atoms with E-state index < -0.39 is 5.60 Å². The van der Waals surface area contributed by atoms with Gasteiger partial charge in [-0.1, -0.05) is 0 Å². The molecule has 6 heteroatoms. The molecule has 0 radical (unpaired) electrons. The predicted molar refractivity (Wildman–Crippen MR) is 51.3 cm³/mol. The quantitative estimate of drug-likeness (QED) is 0.616. The standard InChI is InChI=1S/C9H13N3O3/c13-8(7-3-10-6-12-7)11-4-9(14)1-2-15-5-9/h3,6,14H,1-2,4-5H2,(H,10,12)(H,11,13). The summed E-state index contributed by atoms with van der Waals surface area (Å²) in [5, 5.41) is 12.5. The molecular formula is C9H13N3O3. The van der Waals surface area contributed by atoms with E-state index >= 15 is 0 Å². The van der Waals surface area contributed by atoms with Crippen molar-refractivity contribution in [1.82, 2.24) is 15.3 Å². The van der Waals surface area contributed by atoms with Crippen LogP contribution in [-0.2, 0) is 4.74 Å². The lowest BCUT2D eigenvalue weighted by molar-refractivity contribution is 0.0264. The van der Waals surface area contributed by atoms with E-state index in [1.54, 1.807) is 0 Å². The van der Waals surface area contributed by atoms with Gasteiger partial charge in [0.2, 0.25) is 0 Å². The van der Waals surface area contributed by atoms with E-state index in [0.717, 1.165) is 0 Å². The number of hydrogen-bond donors (Lipinski definition) is 3. The summed E-state index contributed by atoms with van der Waals surface area (Å²) in [4.78, 5) is 17.9. The first-order chi connectivity index (χ1) is 7.20. The molecule has 0 aliphatic carbocycles. The first-order valence-electron chi connectivity index (χ1n) is 4.76. The minimum absolute atomic E-state index is 0.199. The van der Waals surface area contributed by atoms with E-state index in [1.807, 2.05) is 0 Å². The highest BCUT2D eigenvalue weighted by Crippen LogP contribution is 2.16. The zero-order chi connectivity index (χ0) is 10.7. The van der Waals surface area contributed by atoms with Gasteiger partial charge in [-0.25, -0.2) is 4.98 Å². The van der Waals surface area contributed by atoms with Crippen LogP contribution in [0.15, 0.2) is 12.5 Å². The monoisotopic (exact) mass is 211 g/mol. The summed E-state index contributed by atoms with van der Waals surface area (Å²) in [5.41, 5.74) is -0.534. The van der Waals surface area contributed by atoms with Gasteiger partial charge in [-0.15, -0.1) is 0 Å². The molecule has 82 valence electrons. The van der Waals surface area contributed by atoms with Gasteiger partial charge in [0.1, 0.15) is 11.3 Å². The van der Waals surface area contributed by atoms with E-state index in [2.05, 4.69) is 15.3 Å². The largest absolute Gasteiger partial charge is 0.386 e. The van der Waals surface area contributed by atoms with Gasteiger partial charge in [-0.2, -0.15) is 0 Å². The molecular weight excluding hydrogens is 198 g/mol. The fourth-order valence-electron chi connectivity index (χ4n) is 1.46. The number of rotatable bonds is 3. The van der Waals surface area contributed by atoms with Crippen LogP contribution in [0.1, 0.15) is 16.9 Å². The van der Waals surface area contributed by atoms with Crippen molar-refractivity contribution in [3.8, 4) is 0 Å². The highest BCUT2D eigenvalue weighted by Gasteiger charge is 2.32. The van der Waals surface area contributed by atoms with Gasteiger partial charge in [0.25, 0.3) is 5.91 Å². The van der Waals surface area contributed by atoms with Gasteiger partial charge in [-0.05, 0) is 0 Å². The third kappa shape index (κ3) is 2.34. The van der Waals surface area contributed by atoms with Gasteiger partial charge in [0.15, 0.2) is 0 Å².